The van der Waals surface area contributed by atoms with Gasteiger partial charge in [0.15, 0.2) is 9.84 Å². The summed E-state index contributed by atoms with van der Waals surface area (Å²) in [5.74, 6) is -0.228. The highest BCUT2D eigenvalue weighted by Crippen LogP contribution is 2.31. The summed E-state index contributed by atoms with van der Waals surface area (Å²) >= 11 is 3.49. The van der Waals surface area contributed by atoms with Gasteiger partial charge in [0, 0.05) is 10.9 Å². The van der Waals surface area contributed by atoms with Crippen LogP contribution in [0.15, 0.2) is 0 Å². The van der Waals surface area contributed by atoms with Gasteiger partial charge in [-0.2, -0.15) is 0 Å². The summed E-state index contributed by atoms with van der Waals surface area (Å²) in [6.45, 7) is 0. The molecule has 1 amide bonds. The first kappa shape index (κ1) is 14.3. The standard InChI is InChI=1S/C12H20BrNO3S/c13-9-12(5-2-1-3-6-12)14-11(15)10-4-7-18(16,17)8-10/h10H,1-9H2,(H,14,15). The van der Waals surface area contributed by atoms with E-state index in [1.807, 2.05) is 0 Å². The van der Waals surface area contributed by atoms with Crippen molar-refractivity contribution in [3.63, 3.8) is 0 Å². The molecule has 1 saturated carbocycles. The van der Waals surface area contributed by atoms with Crippen molar-refractivity contribution >= 4 is 31.7 Å². The monoisotopic (exact) mass is 337 g/mol. The van der Waals surface area contributed by atoms with Crippen molar-refractivity contribution in [1.82, 2.24) is 5.32 Å². The smallest absolute Gasteiger partial charge is 0.224 e. The van der Waals surface area contributed by atoms with Crippen LogP contribution in [0.1, 0.15) is 38.5 Å². The average molecular weight is 338 g/mol. The summed E-state index contributed by atoms with van der Waals surface area (Å²) in [4.78, 5) is 12.2. The van der Waals surface area contributed by atoms with E-state index in [2.05, 4.69) is 21.2 Å². The molecule has 1 heterocycles. The van der Waals surface area contributed by atoms with Crippen LogP contribution >= 0.6 is 15.9 Å². The molecule has 2 fully saturated rings. The highest BCUT2D eigenvalue weighted by Gasteiger charge is 2.38. The van der Waals surface area contributed by atoms with Crippen molar-refractivity contribution in [2.45, 2.75) is 44.1 Å². The van der Waals surface area contributed by atoms with Crippen LogP contribution in [0.5, 0.6) is 0 Å². The SMILES string of the molecule is O=C(NC1(CBr)CCCCC1)C1CCS(=O)(=O)C1. The zero-order valence-corrected chi connectivity index (χ0v) is 12.9. The van der Waals surface area contributed by atoms with Crippen molar-refractivity contribution in [2.24, 2.45) is 5.92 Å². The molecule has 0 aromatic heterocycles. The highest BCUT2D eigenvalue weighted by atomic mass is 79.9. The van der Waals surface area contributed by atoms with E-state index in [4.69, 9.17) is 0 Å². The Balaban J connectivity index is 1.98. The van der Waals surface area contributed by atoms with E-state index >= 15 is 0 Å². The number of amides is 1. The van der Waals surface area contributed by atoms with Gasteiger partial charge in [0.1, 0.15) is 0 Å². The highest BCUT2D eigenvalue weighted by molar-refractivity contribution is 9.09. The van der Waals surface area contributed by atoms with Gasteiger partial charge in [0.05, 0.1) is 17.4 Å². The Morgan fingerprint density at radius 3 is 2.44 bits per heavy atom. The maximum Gasteiger partial charge on any atom is 0.224 e. The second-order valence-electron chi connectivity index (χ2n) is 5.56. The van der Waals surface area contributed by atoms with Crippen LogP contribution in [0.3, 0.4) is 0 Å². The van der Waals surface area contributed by atoms with Crippen LogP contribution in [-0.2, 0) is 14.6 Å². The Hall–Kier alpha value is -0.100. The molecule has 104 valence electrons. The van der Waals surface area contributed by atoms with Gasteiger partial charge in [-0.15, -0.1) is 0 Å². The van der Waals surface area contributed by atoms with Gasteiger partial charge in [-0.05, 0) is 19.3 Å². The van der Waals surface area contributed by atoms with Gasteiger partial charge in [-0.25, -0.2) is 8.42 Å². The number of halogens is 1. The molecule has 2 rings (SSSR count). The topological polar surface area (TPSA) is 63.2 Å². The lowest BCUT2D eigenvalue weighted by molar-refractivity contribution is -0.126. The van der Waals surface area contributed by atoms with Crippen LogP contribution < -0.4 is 5.32 Å². The molecule has 0 spiro atoms. The lowest BCUT2D eigenvalue weighted by atomic mass is 9.83. The fourth-order valence-electron chi connectivity index (χ4n) is 2.89. The molecule has 18 heavy (non-hydrogen) atoms. The fourth-order valence-corrected chi connectivity index (χ4v) is 5.33. The van der Waals surface area contributed by atoms with Crippen LogP contribution in [0.4, 0.5) is 0 Å². The van der Waals surface area contributed by atoms with Crippen LogP contribution in [-0.4, -0.2) is 36.7 Å². The third kappa shape index (κ3) is 3.26. The third-order valence-electron chi connectivity index (χ3n) is 4.06. The zero-order valence-electron chi connectivity index (χ0n) is 10.5. The van der Waals surface area contributed by atoms with E-state index in [1.165, 1.54) is 6.42 Å². The summed E-state index contributed by atoms with van der Waals surface area (Å²) in [5.41, 5.74) is -0.151. The number of hydrogen-bond acceptors (Lipinski definition) is 3. The zero-order chi connectivity index (χ0) is 13.2. The lowest BCUT2D eigenvalue weighted by Gasteiger charge is -2.37. The first-order chi connectivity index (χ1) is 8.46. The fraction of sp³-hybridized carbons (Fsp3) is 0.917. The average Bonchev–Trinajstić information content (AvgIpc) is 2.71. The first-order valence-electron chi connectivity index (χ1n) is 6.55. The third-order valence-corrected chi connectivity index (χ3v) is 6.90. The minimum atomic E-state index is -2.98. The minimum absolute atomic E-state index is 0.0250. The largest absolute Gasteiger partial charge is 0.350 e. The quantitative estimate of drug-likeness (QED) is 0.796. The molecule has 0 radical (unpaired) electrons. The van der Waals surface area contributed by atoms with Gasteiger partial charge in [-0.3, -0.25) is 4.79 Å². The lowest BCUT2D eigenvalue weighted by Crippen LogP contribution is -2.53. The number of carbonyl (C=O) groups is 1. The van der Waals surface area contributed by atoms with Crippen molar-refractivity contribution in [3.8, 4) is 0 Å². The van der Waals surface area contributed by atoms with Gasteiger partial charge in [0.2, 0.25) is 5.91 Å². The molecule has 6 heteroatoms. The molecule has 0 aromatic rings. The molecule has 1 aliphatic heterocycles. The molecule has 2 aliphatic rings. The molecular weight excluding hydrogens is 318 g/mol. The molecule has 4 nitrogen and oxygen atoms in total. The predicted octanol–water partition coefficient (Wildman–Crippen LogP) is 1.64. The number of nitrogens with one attached hydrogen (secondary N) is 1. The van der Waals surface area contributed by atoms with Crippen LogP contribution in [0, 0.1) is 5.92 Å². The summed E-state index contributed by atoms with van der Waals surface area (Å²) in [6.07, 6.45) is 5.95. The van der Waals surface area contributed by atoms with Gasteiger partial charge in [0.25, 0.3) is 0 Å². The molecule has 0 bridgehead atoms. The van der Waals surface area contributed by atoms with Crippen molar-refractivity contribution in [3.05, 3.63) is 0 Å². The Labute approximate surface area is 117 Å². The van der Waals surface area contributed by atoms with Crippen molar-refractivity contribution < 1.29 is 13.2 Å². The second-order valence-corrected chi connectivity index (χ2v) is 8.35. The normalized spacial score (nSPS) is 29.9. The Kier molecular flexibility index (Phi) is 4.36. The van der Waals surface area contributed by atoms with Crippen LogP contribution in [0.2, 0.25) is 0 Å². The summed E-state index contributed by atoms with van der Waals surface area (Å²) in [6, 6.07) is 0. The Bertz CT molecular complexity index is 415. The van der Waals surface area contributed by atoms with E-state index in [0.717, 1.165) is 31.0 Å². The maximum atomic E-state index is 12.2. The molecule has 1 saturated heterocycles. The predicted molar refractivity (Wildman–Crippen MR) is 74.5 cm³/mol. The number of rotatable bonds is 3. The van der Waals surface area contributed by atoms with E-state index in [-0.39, 0.29) is 28.9 Å². The summed E-state index contributed by atoms with van der Waals surface area (Å²) < 4.78 is 22.8. The van der Waals surface area contributed by atoms with Crippen molar-refractivity contribution in [2.75, 3.05) is 16.8 Å². The van der Waals surface area contributed by atoms with E-state index in [9.17, 15) is 13.2 Å². The number of hydrogen-bond donors (Lipinski definition) is 1. The number of carbonyl (C=O) groups excluding carboxylic acids is 1. The van der Waals surface area contributed by atoms with Gasteiger partial charge >= 0.3 is 0 Å². The van der Waals surface area contributed by atoms with Crippen molar-refractivity contribution in [1.29, 1.82) is 0 Å². The number of sulfone groups is 1. The van der Waals surface area contributed by atoms with E-state index in [0.29, 0.717) is 6.42 Å². The maximum absolute atomic E-state index is 12.2. The molecular formula is C12H20BrNO3S. The van der Waals surface area contributed by atoms with Gasteiger partial charge < -0.3 is 5.32 Å². The molecule has 1 unspecified atom stereocenters. The summed E-state index contributed by atoms with van der Waals surface area (Å²) in [5, 5.41) is 3.87. The first-order valence-corrected chi connectivity index (χ1v) is 9.49. The second kappa shape index (κ2) is 5.49. The van der Waals surface area contributed by atoms with Crippen LogP contribution in [0.25, 0.3) is 0 Å². The van der Waals surface area contributed by atoms with Gasteiger partial charge in [-0.1, -0.05) is 35.2 Å². The molecule has 1 atom stereocenters. The Morgan fingerprint density at radius 2 is 1.94 bits per heavy atom. The van der Waals surface area contributed by atoms with E-state index in [1.54, 1.807) is 0 Å². The molecule has 0 aromatic carbocycles. The Morgan fingerprint density at radius 1 is 1.28 bits per heavy atom. The summed E-state index contributed by atoms with van der Waals surface area (Å²) in [7, 11) is -2.98. The minimum Gasteiger partial charge on any atom is -0.350 e. The van der Waals surface area contributed by atoms with E-state index < -0.39 is 9.84 Å². The number of alkyl halides is 1. The molecule has 1 N–H and O–H groups in total. The molecule has 1 aliphatic carbocycles.